The lowest BCUT2D eigenvalue weighted by Gasteiger charge is -2.14. The predicted molar refractivity (Wildman–Crippen MR) is 64.3 cm³/mol. The molecule has 0 aliphatic heterocycles. The third-order valence-corrected chi connectivity index (χ3v) is 3.86. The van der Waals surface area contributed by atoms with Gasteiger partial charge in [0.2, 0.25) is 0 Å². The molecule has 1 amide bonds. The molecule has 1 saturated carbocycles. The number of amides is 1. The van der Waals surface area contributed by atoms with Crippen LogP contribution in [-0.2, 0) is 0 Å². The summed E-state index contributed by atoms with van der Waals surface area (Å²) in [5.74, 6) is -0.320. The fourth-order valence-electron chi connectivity index (χ4n) is 1.42. The van der Waals surface area contributed by atoms with Crippen molar-refractivity contribution in [1.29, 1.82) is 0 Å². The Labute approximate surface area is 106 Å². The van der Waals surface area contributed by atoms with Gasteiger partial charge in [0, 0.05) is 10.4 Å². The molecule has 0 aromatic heterocycles. The molecule has 0 bridgehead atoms. The number of carbonyl (C=O) groups excluding carboxylic acids is 1. The zero-order valence-electron chi connectivity index (χ0n) is 8.40. The summed E-state index contributed by atoms with van der Waals surface area (Å²) in [5.41, 5.74) is 0.0288. The van der Waals surface area contributed by atoms with Crippen LogP contribution >= 0.6 is 27.5 Å². The van der Waals surface area contributed by atoms with Crippen LogP contribution < -0.4 is 5.32 Å². The van der Waals surface area contributed by atoms with Crippen LogP contribution in [0.15, 0.2) is 22.7 Å². The third kappa shape index (κ3) is 2.38. The molecule has 0 unspecified atom stereocenters. The molecule has 0 heterocycles. The summed E-state index contributed by atoms with van der Waals surface area (Å²) in [4.78, 5) is 11.9. The first-order valence-corrected chi connectivity index (χ1v) is 6.23. The van der Waals surface area contributed by atoms with Crippen molar-refractivity contribution in [3.8, 4) is 0 Å². The Hall–Kier alpha value is -0.610. The highest BCUT2D eigenvalue weighted by Gasteiger charge is 2.43. The van der Waals surface area contributed by atoms with Crippen molar-refractivity contribution in [1.82, 2.24) is 5.32 Å². The largest absolute Gasteiger partial charge is 0.345 e. The van der Waals surface area contributed by atoms with Gasteiger partial charge in [-0.2, -0.15) is 0 Å². The van der Waals surface area contributed by atoms with Gasteiger partial charge >= 0.3 is 0 Å². The van der Waals surface area contributed by atoms with Crippen LogP contribution in [0.25, 0.3) is 0 Å². The lowest BCUT2D eigenvalue weighted by molar-refractivity contribution is 0.0935. The summed E-state index contributed by atoms with van der Waals surface area (Å²) in [7, 11) is 0. The highest BCUT2D eigenvalue weighted by Crippen LogP contribution is 2.36. The Kier molecular flexibility index (Phi) is 3.22. The minimum atomic E-state index is -0.427. The summed E-state index contributed by atoms with van der Waals surface area (Å²) in [5, 5.41) is 2.83. The van der Waals surface area contributed by atoms with Gasteiger partial charge in [0.05, 0.1) is 11.1 Å². The monoisotopic (exact) mass is 305 g/mol. The van der Waals surface area contributed by atoms with Crippen molar-refractivity contribution >= 4 is 33.4 Å². The van der Waals surface area contributed by atoms with E-state index in [1.807, 2.05) is 0 Å². The molecule has 1 fully saturated rings. The number of carbonyl (C=O) groups is 1. The van der Waals surface area contributed by atoms with Gasteiger partial charge in [-0.1, -0.05) is 0 Å². The van der Waals surface area contributed by atoms with E-state index in [9.17, 15) is 9.18 Å². The van der Waals surface area contributed by atoms with Crippen molar-refractivity contribution in [3.63, 3.8) is 0 Å². The van der Waals surface area contributed by atoms with Gasteiger partial charge in [0.15, 0.2) is 0 Å². The van der Waals surface area contributed by atoms with E-state index in [4.69, 9.17) is 11.6 Å². The molecular weight excluding hydrogens is 296 g/mol. The van der Waals surface area contributed by atoms with Crippen molar-refractivity contribution in [2.75, 3.05) is 5.88 Å². The van der Waals surface area contributed by atoms with Crippen molar-refractivity contribution in [2.45, 2.75) is 18.4 Å². The Morgan fingerprint density at radius 2 is 2.25 bits per heavy atom. The zero-order chi connectivity index (χ0) is 11.8. The minimum Gasteiger partial charge on any atom is -0.345 e. The molecule has 2 rings (SSSR count). The van der Waals surface area contributed by atoms with E-state index in [1.165, 1.54) is 18.2 Å². The van der Waals surface area contributed by atoms with Gasteiger partial charge in [-0.3, -0.25) is 4.79 Å². The van der Waals surface area contributed by atoms with E-state index in [-0.39, 0.29) is 11.4 Å². The van der Waals surface area contributed by atoms with Crippen LogP contribution in [-0.4, -0.2) is 17.3 Å². The summed E-state index contributed by atoms with van der Waals surface area (Å²) < 4.78 is 13.6. The molecule has 86 valence electrons. The van der Waals surface area contributed by atoms with E-state index in [2.05, 4.69) is 21.2 Å². The molecule has 2 nitrogen and oxygen atoms in total. The van der Waals surface area contributed by atoms with Crippen LogP contribution in [0.2, 0.25) is 0 Å². The third-order valence-electron chi connectivity index (χ3n) is 2.66. The van der Waals surface area contributed by atoms with Gasteiger partial charge in [0.1, 0.15) is 5.82 Å². The van der Waals surface area contributed by atoms with Crippen LogP contribution in [0.1, 0.15) is 23.2 Å². The second kappa shape index (κ2) is 4.34. The van der Waals surface area contributed by atoms with Crippen LogP contribution in [0, 0.1) is 5.82 Å². The van der Waals surface area contributed by atoms with Gasteiger partial charge in [0.25, 0.3) is 5.91 Å². The molecule has 0 radical (unpaired) electrons. The smallest absolute Gasteiger partial charge is 0.253 e. The highest BCUT2D eigenvalue weighted by atomic mass is 79.9. The highest BCUT2D eigenvalue weighted by molar-refractivity contribution is 9.10. The molecule has 1 aromatic carbocycles. The number of hydrogen-bond donors (Lipinski definition) is 1. The van der Waals surface area contributed by atoms with Gasteiger partial charge in [-0.15, -0.1) is 11.6 Å². The number of nitrogens with one attached hydrogen (secondary N) is 1. The number of hydrogen-bond acceptors (Lipinski definition) is 1. The first-order chi connectivity index (χ1) is 7.56. The Morgan fingerprint density at radius 1 is 1.56 bits per heavy atom. The summed E-state index contributed by atoms with van der Waals surface area (Å²) in [6.45, 7) is 0. The molecule has 1 aliphatic rings. The average Bonchev–Trinajstić information content (AvgIpc) is 3.02. The summed E-state index contributed by atoms with van der Waals surface area (Å²) in [6.07, 6.45) is 1.77. The normalized spacial score (nSPS) is 16.9. The van der Waals surface area contributed by atoms with Crippen molar-refractivity contribution < 1.29 is 9.18 Å². The first kappa shape index (κ1) is 11.9. The second-order valence-corrected chi connectivity index (χ2v) is 5.11. The fraction of sp³-hybridized carbons (Fsp3) is 0.364. The van der Waals surface area contributed by atoms with Gasteiger partial charge < -0.3 is 5.32 Å². The topological polar surface area (TPSA) is 29.1 Å². The van der Waals surface area contributed by atoms with E-state index in [0.29, 0.717) is 15.9 Å². The van der Waals surface area contributed by atoms with E-state index in [1.54, 1.807) is 0 Å². The van der Waals surface area contributed by atoms with Crippen molar-refractivity contribution in [2.24, 2.45) is 0 Å². The molecule has 0 atom stereocenters. The number of benzene rings is 1. The first-order valence-electron chi connectivity index (χ1n) is 4.90. The standard InChI is InChI=1S/C11H10BrClFNO/c12-9-2-1-7(14)5-8(9)10(16)15-11(6-13)3-4-11/h1-2,5H,3-4,6H2,(H,15,16). The molecule has 1 aromatic rings. The predicted octanol–water partition coefficient (Wildman–Crippen LogP) is 3.09. The Morgan fingerprint density at radius 3 is 2.81 bits per heavy atom. The lowest BCUT2D eigenvalue weighted by atomic mass is 10.2. The van der Waals surface area contributed by atoms with E-state index < -0.39 is 5.82 Å². The second-order valence-electron chi connectivity index (χ2n) is 3.99. The fourth-order valence-corrected chi connectivity index (χ4v) is 2.18. The Balaban J connectivity index is 2.17. The maximum atomic E-state index is 13.0. The molecule has 1 aliphatic carbocycles. The quantitative estimate of drug-likeness (QED) is 0.854. The van der Waals surface area contributed by atoms with E-state index in [0.717, 1.165) is 12.8 Å². The number of halogens is 3. The Bertz CT molecular complexity index is 434. The molecule has 0 spiro atoms. The molecule has 5 heteroatoms. The van der Waals surface area contributed by atoms with Gasteiger partial charge in [-0.25, -0.2) is 4.39 Å². The number of alkyl halides is 1. The summed E-state index contributed by atoms with van der Waals surface area (Å²) in [6, 6.07) is 4.03. The molecule has 0 saturated heterocycles. The maximum absolute atomic E-state index is 13.0. The van der Waals surface area contributed by atoms with E-state index >= 15 is 0 Å². The van der Waals surface area contributed by atoms with Crippen LogP contribution in [0.4, 0.5) is 4.39 Å². The van der Waals surface area contributed by atoms with Gasteiger partial charge in [-0.05, 0) is 47.0 Å². The number of rotatable bonds is 3. The summed E-state index contributed by atoms with van der Waals surface area (Å²) >= 11 is 8.98. The zero-order valence-corrected chi connectivity index (χ0v) is 10.7. The average molecular weight is 307 g/mol. The lowest BCUT2D eigenvalue weighted by Crippen LogP contribution is -2.38. The minimum absolute atomic E-state index is 0.273. The van der Waals surface area contributed by atoms with Crippen LogP contribution in [0.3, 0.4) is 0 Å². The SMILES string of the molecule is O=C(NC1(CCl)CC1)c1cc(F)ccc1Br. The maximum Gasteiger partial charge on any atom is 0.253 e. The van der Waals surface area contributed by atoms with Crippen LogP contribution in [0.5, 0.6) is 0 Å². The van der Waals surface area contributed by atoms with Crippen molar-refractivity contribution in [3.05, 3.63) is 34.1 Å². The molecule has 16 heavy (non-hydrogen) atoms. The molecular formula is C11H10BrClFNO. The molecule has 1 N–H and O–H groups in total.